The molecule has 0 aliphatic carbocycles. The first-order valence-electron chi connectivity index (χ1n) is 3.91. The molecule has 0 saturated carbocycles. The van der Waals surface area contributed by atoms with Gasteiger partial charge in [-0.2, -0.15) is 0 Å². The largest absolute Gasteiger partial charge is 0.358 e. The van der Waals surface area contributed by atoms with Crippen molar-refractivity contribution in [3.8, 4) is 0 Å². The highest BCUT2D eigenvalue weighted by atomic mass is 16.1. The maximum atomic E-state index is 10.9. The summed E-state index contributed by atoms with van der Waals surface area (Å²) < 4.78 is 0. The quantitative estimate of drug-likeness (QED) is 0.418. The van der Waals surface area contributed by atoms with E-state index in [2.05, 4.69) is 17.6 Å². The molecule has 64 valence electrons. The normalized spacial score (nSPS) is 9.27. The second-order valence-electron chi connectivity index (χ2n) is 2.60. The van der Waals surface area contributed by atoms with Crippen molar-refractivity contribution in [2.75, 3.05) is 13.1 Å². The van der Waals surface area contributed by atoms with Crippen LogP contribution in [-0.4, -0.2) is 19.0 Å². The van der Waals surface area contributed by atoms with Crippen LogP contribution in [0.5, 0.6) is 0 Å². The lowest BCUT2D eigenvalue weighted by molar-refractivity contribution is -0.368. The average molecular weight is 157 g/mol. The van der Waals surface area contributed by atoms with Crippen LogP contribution in [0.2, 0.25) is 0 Å². The van der Waals surface area contributed by atoms with E-state index in [0.717, 1.165) is 25.9 Å². The van der Waals surface area contributed by atoms with Crippen LogP contribution in [0.15, 0.2) is 12.2 Å². The molecule has 0 unspecified atom stereocenters. The Morgan fingerprint density at radius 2 is 2.18 bits per heavy atom. The van der Waals surface area contributed by atoms with Gasteiger partial charge < -0.3 is 11.1 Å². The first-order chi connectivity index (χ1) is 5.18. The molecule has 0 aromatic carbocycles. The number of carbonyl (C=O) groups is 1. The molecule has 4 N–H and O–H groups in total. The monoisotopic (exact) mass is 157 g/mol. The van der Waals surface area contributed by atoms with Gasteiger partial charge in [0.2, 0.25) is 5.91 Å². The average Bonchev–Trinajstić information content (AvgIpc) is 1.97. The Hall–Kier alpha value is -0.830. The molecule has 0 heterocycles. The molecule has 3 nitrogen and oxygen atoms in total. The Morgan fingerprint density at radius 3 is 2.64 bits per heavy atom. The Bertz CT molecular complexity index is 143. The van der Waals surface area contributed by atoms with Crippen LogP contribution in [0.3, 0.4) is 0 Å². The van der Waals surface area contributed by atoms with Crippen LogP contribution in [0, 0.1) is 0 Å². The van der Waals surface area contributed by atoms with E-state index in [1.807, 2.05) is 0 Å². The minimum absolute atomic E-state index is 0.0472. The van der Waals surface area contributed by atoms with Gasteiger partial charge in [0, 0.05) is 12.1 Å². The standard InChI is InChI=1S/C8H16N2O/c1-7(2)8(11)10-6-4-3-5-9/h1,3-6,9H2,2H3,(H,10,11)/p+1. The number of hydrogen-bond donors (Lipinski definition) is 2. The zero-order valence-electron chi connectivity index (χ0n) is 7.15. The van der Waals surface area contributed by atoms with Crippen molar-refractivity contribution in [1.29, 1.82) is 0 Å². The van der Waals surface area contributed by atoms with Gasteiger partial charge in [-0.25, -0.2) is 0 Å². The van der Waals surface area contributed by atoms with E-state index < -0.39 is 0 Å². The second-order valence-corrected chi connectivity index (χ2v) is 2.60. The first-order valence-corrected chi connectivity index (χ1v) is 3.91. The molecule has 0 spiro atoms. The van der Waals surface area contributed by atoms with Crippen LogP contribution in [0.1, 0.15) is 19.8 Å². The van der Waals surface area contributed by atoms with Crippen molar-refractivity contribution >= 4 is 5.91 Å². The highest BCUT2D eigenvalue weighted by molar-refractivity contribution is 5.91. The van der Waals surface area contributed by atoms with Gasteiger partial charge in [0.25, 0.3) is 0 Å². The van der Waals surface area contributed by atoms with Crippen molar-refractivity contribution in [1.82, 2.24) is 5.32 Å². The molecule has 0 aliphatic rings. The predicted octanol–water partition coefficient (Wildman–Crippen LogP) is -0.299. The Morgan fingerprint density at radius 1 is 1.55 bits per heavy atom. The molecule has 0 saturated heterocycles. The highest BCUT2D eigenvalue weighted by Gasteiger charge is 1.98. The lowest BCUT2D eigenvalue weighted by Crippen LogP contribution is -2.50. The SMILES string of the molecule is C=C(C)C(=O)NCCCC[NH3+]. The molecular formula is C8H17N2O+. The van der Waals surface area contributed by atoms with E-state index in [1.54, 1.807) is 6.92 Å². The van der Waals surface area contributed by atoms with Crippen LogP contribution < -0.4 is 11.1 Å². The van der Waals surface area contributed by atoms with Gasteiger partial charge in [-0.1, -0.05) is 6.58 Å². The molecule has 0 fully saturated rings. The summed E-state index contributed by atoms with van der Waals surface area (Å²) in [4.78, 5) is 10.9. The number of quaternary nitrogens is 1. The summed E-state index contributed by atoms with van der Waals surface area (Å²) in [5.41, 5.74) is 4.28. The molecule has 0 aliphatic heterocycles. The summed E-state index contributed by atoms with van der Waals surface area (Å²) in [5, 5.41) is 2.75. The van der Waals surface area contributed by atoms with Gasteiger partial charge in [-0.15, -0.1) is 0 Å². The number of rotatable bonds is 5. The molecule has 3 heteroatoms. The Kier molecular flexibility index (Phi) is 5.47. The zero-order valence-corrected chi connectivity index (χ0v) is 7.15. The van der Waals surface area contributed by atoms with E-state index in [1.165, 1.54) is 0 Å². The molecule has 0 aromatic rings. The van der Waals surface area contributed by atoms with Gasteiger partial charge in [0.05, 0.1) is 6.54 Å². The fourth-order valence-electron chi connectivity index (χ4n) is 0.655. The van der Waals surface area contributed by atoms with Gasteiger partial charge in [0.15, 0.2) is 0 Å². The number of unbranched alkanes of at least 4 members (excludes halogenated alkanes) is 1. The summed E-state index contributed by atoms with van der Waals surface area (Å²) >= 11 is 0. The van der Waals surface area contributed by atoms with Crippen molar-refractivity contribution in [2.45, 2.75) is 19.8 Å². The Labute approximate surface area is 67.7 Å². The fourth-order valence-corrected chi connectivity index (χ4v) is 0.655. The molecular weight excluding hydrogens is 140 g/mol. The third-order valence-electron chi connectivity index (χ3n) is 1.35. The van der Waals surface area contributed by atoms with Crippen molar-refractivity contribution in [2.24, 2.45) is 0 Å². The third kappa shape index (κ3) is 5.61. The van der Waals surface area contributed by atoms with Crippen LogP contribution >= 0.6 is 0 Å². The molecule has 0 radical (unpaired) electrons. The van der Waals surface area contributed by atoms with E-state index in [-0.39, 0.29) is 5.91 Å². The van der Waals surface area contributed by atoms with Gasteiger partial charge >= 0.3 is 0 Å². The fraction of sp³-hybridized carbons (Fsp3) is 0.625. The van der Waals surface area contributed by atoms with E-state index in [0.29, 0.717) is 5.57 Å². The maximum absolute atomic E-state index is 10.9. The van der Waals surface area contributed by atoms with Gasteiger partial charge in [-0.3, -0.25) is 4.79 Å². The molecule has 0 bridgehead atoms. The molecule has 0 atom stereocenters. The van der Waals surface area contributed by atoms with E-state index >= 15 is 0 Å². The summed E-state index contributed by atoms with van der Waals surface area (Å²) in [5.74, 6) is -0.0472. The summed E-state index contributed by atoms with van der Waals surface area (Å²) in [7, 11) is 0. The van der Waals surface area contributed by atoms with E-state index in [4.69, 9.17) is 0 Å². The zero-order chi connectivity index (χ0) is 8.69. The van der Waals surface area contributed by atoms with Crippen molar-refractivity contribution in [3.05, 3.63) is 12.2 Å². The van der Waals surface area contributed by atoms with Crippen LogP contribution in [0.4, 0.5) is 0 Å². The Balaban J connectivity index is 3.25. The molecule has 0 rings (SSSR count). The lowest BCUT2D eigenvalue weighted by atomic mass is 10.3. The molecule has 11 heavy (non-hydrogen) atoms. The number of carbonyl (C=O) groups excluding carboxylic acids is 1. The lowest BCUT2D eigenvalue weighted by Gasteiger charge is -2.01. The minimum atomic E-state index is -0.0472. The first kappa shape index (κ1) is 10.2. The summed E-state index contributed by atoms with van der Waals surface area (Å²) in [6, 6.07) is 0. The smallest absolute Gasteiger partial charge is 0.246 e. The maximum Gasteiger partial charge on any atom is 0.246 e. The van der Waals surface area contributed by atoms with E-state index in [9.17, 15) is 4.79 Å². The second kappa shape index (κ2) is 5.92. The van der Waals surface area contributed by atoms with Crippen molar-refractivity contribution in [3.63, 3.8) is 0 Å². The highest BCUT2D eigenvalue weighted by Crippen LogP contribution is 1.87. The van der Waals surface area contributed by atoms with Gasteiger partial charge in [0.1, 0.15) is 0 Å². The number of nitrogens with one attached hydrogen (secondary N) is 1. The molecule has 1 amide bonds. The van der Waals surface area contributed by atoms with Crippen LogP contribution in [0.25, 0.3) is 0 Å². The molecule has 0 aromatic heterocycles. The minimum Gasteiger partial charge on any atom is -0.358 e. The van der Waals surface area contributed by atoms with Crippen LogP contribution in [-0.2, 0) is 4.79 Å². The summed E-state index contributed by atoms with van der Waals surface area (Å²) in [6.07, 6.45) is 2.07. The van der Waals surface area contributed by atoms with Crippen molar-refractivity contribution < 1.29 is 10.5 Å². The summed E-state index contributed by atoms with van der Waals surface area (Å²) in [6.45, 7) is 6.91. The number of amides is 1. The predicted molar refractivity (Wildman–Crippen MR) is 44.8 cm³/mol. The number of hydrogen-bond acceptors (Lipinski definition) is 1. The topological polar surface area (TPSA) is 56.7 Å². The third-order valence-corrected chi connectivity index (χ3v) is 1.35. The van der Waals surface area contributed by atoms with Gasteiger partial charge in [-0.05, 0) is 19.8 Å².